The minimum atomic E-state index is 0.782. The molecular formula is C2H5AlO+. The molecule has 4 heavy (non-hydrogen) atoms. The molecule has 0 aromatic rings. The molecule has 0 bridgehead atoms. The van der Waals surface area contributed by atoms with Gasteiger partial charge in [0.15, 0.2) is 0 Å². The average molecular weight is 72.0 g/mol. The molecule has 0 aliphatic carbocycles. The van der Waals surface area contributed by atoms with Crippen LogP contribution < -0.4 is 0 Å². The summed E-state index contributed by atoms with van der Waals surface area (Å²) in [7, 11) is 0. The molecule has 0 amide bonds. The molecule has 0 spiro atoms. The standard InChI is InChI=1S/C2H5O.Al/c1-2-3;/h2H2,1H3;/q-1;+2. The topological polar surface area (TPSA) is 9.23 Å². The van der Waals surface area contributed by atoms with Gasteiger partial charge in [0.05, 0.1) is 0 Å². The van der Waals surface area contributed by atoms with E-state index in [-0.39, 0.29) is 0 Å². The Balaban J connectivity index is 1.97. The maximum absolute atomic E-state index is 4.46. The molecule has 0 N–H and O–H groups in total. The Morgan fingerprint density at radius 1 is 2.00 bits per heavy atom. The van der Waals surface area contributed by atoms with Gasteiger partial charge in [0.1, 0.15) is 0 Å². The van der Waals surface area contributed by atoms with Gasteiger partial charge in [-0.05, 0) is 0 Å². The summed E-state index contributed by atoms with van der Waals surface area (Å²) in [4.78, 5) is 0. The predicted octanol–water partition coefficient (Wildman–Crippen LogP) is 0.106. The Morgan fingerprint density at radius 2 is 2.25 bits per heavy atom. The molecule has 0 aromatic carbocycles. The van der Waals surface area contributed by atoms with Crippen molar-refractivity contribution < 1.29 is 3.79 Å². The van der Waals surface area contributed by atoms with Crippen LogP contribution in [0.4, 0.5) is 0 Å². The first-order valence-electron chi connectivity index (χ1n) is 1.23. The SMILES string of the molecule is CC[O][Al+]. The van der Waals surface area contributed by atoms with Gasteiger partial charge >= 0.3 is 33.9 Å². The summed E-state index contributed by atoms with van der Waals surface area (Å²) in [5.41, 5.74) is 0. The second kappa shape index (κ2) is 3.49. The van der Waals surface area contributed by atoms with Crippen molar-refractivity contribution in [1.29, 1.82) is 0 Å². The first-order valence-corrected chi connectivity index (χ1v) is 1.70. The third-order valence-corrected chi connectivity index (χ3v) is 0.500. The normalized spacial score (nSPS) is 7.00. The predicted molar refractivity (Wildman–Crippen MR) is 17.4 cm³/mol. The van der Waals surface area contributed by atoms with E-state index in [9.17, 15) is 0 Å². The monoisotopic (exact) mass is 72.0 g/mol. The summed E-state index contributed by atoms with van der Waals surface area (Å²) in [6.45, 7) is 2.72. The molecule has 0 heterocycles. The van der Waals surface area contributed by atoms with Crippen molar-refractivity contribution in [3.8, 4) is 0 Å². The molecule has 0 saturated carbocycles. The van der Waals surface area contributed by atoms with Crippen LogP contribution in [-0.2, 0) is 3.79 Å². The second-order valence-corrected chi connectivity index (χ2v) is 0.789. The van der Waals surface area contributed by atoms with Gasteiger partial charge in [0.2, 0.25) is 0 Å². The summed E-state index contributed by atoms with van der Waals surface area (Å²) in [6, 6.07) is 0. The third kappa shape index (κ3) is 2.49. The number of hydrogen-bond donors (Lipinski definition) is 0. The summed E-state index contributed by atoms with van der Waals surface area (Å²) >= 11 is 2.16. The molecule has 2 heteroatoms. The van der Waals surface area contributed by atoms with Crippen molar-refractivity contribution in [2.45, 2.75) is 6.92 Å². The van der Waals surface area contributed by atoms with E-state index in [0.29, 0.717) is 0 Å². The first kappa shape index (κ1) is 4.49. The van der Waals surface area contributed by atoms with Crippen LogP contribution in [0.25, 0.3) is 0 Å². The second-order valence-electron chi connectivity index (χ2n) is 0.455. The van der Waals surface area contributed by atoms with E-state index in [1.165, 1.54) is 0 Å². The van der Waals surface area contributed by atoms with Crippen LogP contribution in [0.5, 0.6) is 0 Å². The van der Waals surface area contributed by atoms with Crippen LogP contribution in [0.3, 0.4) is 0 Å². The van der Waals surface area contributed by atoms with Gasteiger partial charge in [-0.25, -0.2) is 0 Å². The zero-order valence-electron chi connectivity index (χ0n) is 2.69. The van der Waals surface area contributed by atoms with E-state index >= 15 is 0 Å². The van der Waals surface area contributed by atoms with Crippen molar-refractivity contribution in [3.05, 3.63) is 0 Å². The van der Waals surface area contributed by atoms with E-state index in [1.54, 1.807) is 0 Å². The molecule has 0 atom stereocenters. The molecule has 0 unspecified atom stereocenters. The Hall–Kier alpha value is 0.492. The van der Waals surface area contributed by atoms with E-state index in [4.69, 9.17) is 0 Å². The summed E-state index contributed by atoms with van der Waals surface area (Å²) in [5.74, 6) is 0. The molecule has 21 valence electrons. The third-order valence-electron chi connectivity index (χ3n) is 0.167. The quantitative estimate of drug-likeness (QED) is 0.399. The van der Waals surface area contributed by atoms with Crippen LogP contribution in [0.2, 0.25) is 0 Å². The van der Waals surface area contributed by atoms with E-state index in [1.807, 2.05) is 6.92 Å². The zero-order chi connectivity index (χ0) is 3.41. The van der Waals surface area contributed by atoms with E-state index < -0.39 is 0 Å². The molecule has 1 nitrogen and oxygen atoms in total. The fourth-order valence-corrected chi connectivity index (χ4v) is 0. The Morgan fingerprint density at radius 3 is 2.25 bits per heavy atom. The maximum atomic E-state index is 4.46. The van der Waals surface area contributed by atoms with Crippen LogP contribution in [-0.4, -0.2) is 23.2 Å². The minimum absolute atomic E-state index is 0.782. The Labute approximate surface area is 34.7 Å². The molecule has 0 saturated heterocycles. The van der Waals surface area contributed by atoms with Crippen molar-refractivity contribution in [2.24, 2.45) is 0 Å². The van der Waals surface area contributed by atoms with Gasteiger partial charge in [0, 0.05) is 0 Å². The fraction of sp³-hybridized carbons (Fsp3) is 1.00. The van der Waals surface area contributed by atoms with Gasteiger partial charge < -0.3 is 0 Å². The first-order chi connectivity index (χ1) is 1.91. The van der Waals surface area contributed by atoms with Crippen LogP contribution in [0.15, 0.2) is 0 Å². The van der Waals surface area contributed by atoms with Gasteiger partial charge in [0.25, 0.3) is 0 Å². The van der Waals surface area contributed by atoms with Crippen molar-refractivity contribution in [2.75, 3.05) is 6.61 Å². The molecule has 0 aliphatic heterocycles. The van der Waals surface area contributed by atoms with Crippen molar-refractivity contribution in [3.63, 3.8) is 0 Å². The average Bonchev–Trinajstić information content (AvgIpc) is 1.37. The van der Waals surface area contributed by atoms with Crippen LogP contribution in [0.1, 0.15) is 6.92 Å². The Kier molecular flexibility index (Phi) is 3.92. The van der Waals surface area contributed by atoms with Gasteiger partial charge in [-0.2, -0.15) is 0 Å². The molecule has 0 aliphatic rings. The molecular weight excluding hydrogens is 67.0 g/mol. The van der Waals surface area contributed by atoms with Crippen LogP contribution in [0, 0.1) is 0 Å². The van der Waals surface area contributed by atoms with Gasteiger partial charge in [-0.1, -0.05) is 0 Å². The number of rotatable bonds is 1. The number of hydrogen-bond acceptors (Lipinski definition) is 1. The summed E-state index contributed by atoms with van der Waals surface area (Å²) in [5, 5.41) is 0. The van der Waals surface area contributed by atoms with Gasteiger partial charge in [-0.3, -0.25) is 0 Å². The molecule has 1 radical (unpaired) electrons. The zero-order valence-corrected chi connectivity index (χ0v) is 3.85. The summed E-state index contributed by atoms with van der Waals surface area (Å²) < 4.78 is 4.46. The fourth-order valence-electron chi connectivity index (χ4n) is 0. The Bertz CT molecular complexity index is 8.00. The molecule has 0 fully saturated rings. The molecule has 0 aromatic heterocycles. The van der Waals surface area contributed by atoms with Crippen molar-refractivity contribution >= 4 is 16.6 Å². The van der Waals surface area contributed by atoms with E-state index in [2.05, 4.69) is 20.4 Å². The van der Waals surface area contributed by atoms with E-state index in [0.717, 1.165) is 6.61 Å². The summed E-state index contributed by atoms with van der Waals surface area (Å²) in [6.07, 6.45) is 0. The van der Waals surface area contributed by atoms with Crippen molar-refractivity contribution in [1.82, 2.24) is 0 Å². The molecule has 0 rings (SSSR count). The van der Waals surface area contributed by atoms with Gasteiger partial charge in [-0.15, -0.1) is 0 Å². The van der Waals surface area contributed by atoms with Crippen LogP contribution >= 0.6 is 0 Å².